The summed E-state index contributed by atoms with van der Waals surface area (Å²) in [6.07, 6.45) is 7.96. The van der Waals surface area contributed by atoms with Crippen molar-refractivity contribution in [2.75, 3.05) is 19.1 Å². The van der Waals surface area contributed by atoms with Crippen LogP contribution in [0.4, 0.5) is 5.82 Å². The minimum Gasteiger partial charge on any atom is -0.465 e. The molecule has 0 atom stereocenters. The van der Waals surface area contributed by atoms with E-state index < -0.39 is 0 Å². The van der Waals surface area contributed by atoms with Gasteiger partial charge in [-0.3, -0.25) is 0 Å². The van der Waals surface area contributed by atoms with Crippen LogP contribution in [0.5, 0.6) is 0 Å². The second-order valence-corrected chi connectivity index (χ2v) is 5.59. The van der Waals surface area contributed by atoms with Crippen LogP contribution in [-0.2, 0) is 4.74 Å². The number of hydrogen-bond acceptors (Lipinski definition) is 4. The number of nitrogens with zero attached hydrogens (tertiary/aromatic N) is 2. The van der Waals surface area contributed by atoms with Gasteiger partial charge in [-0.15, -0.1) is 0 Å². The Morgan fingerprint density at radius 2 is 2.10 bits per heavy atom. The third-order valence-electron chi connectivity index (χ3n) is 4.47. The average Bonchev–Trinajstić information content (AvgIpc) is 2.53. The first-order chi connectivity index (χ1) is 9.65. The highest BCUT2D eigenvalue weighted by atomic mass is 16.5. The van der Waals surface area contributed by atoms with Crippen LogP contribution >= 0.6 is 0 Å². The molecule has 110 valence electrons. The highest BCUT2D eigenvalue weighted by molar-refractivity contribution is 5.90. The molecule has 20 heavy (non-hydrogen) atoms. The normalized spacial score (nSPS) is 22.4. The van der Waals surface area contributed by atoms with E-state index in [2.05, 4.69) is 23.9 Å². The van der Waals surface area contributed by atoms with E-state index in [-0.39, 0.29) is 5.97 Å². The summed E-state index contributed by atoms with van der Waals surface area (Å²) in [5.41, 5.74) is 0.562. The topological polar surface area (TPSA) is 42.4 Å². The van der Waals surface area contributed by atoms with Crippen molar-refractivity contribution < 1.29 is 9.53 Å². The first kappa shape index (κ1) is 14.8. The van der Waals surface area contributed by atoms with Crippen LogP contribution < -0.4 is 4.90 Å². The Bertz CT molecular complexity index is 454. The average molecular weight is 276 g/mol. The van der Waals surface area contributed by atoms with Gasteiger partial charge >= 0.3 is 5.97 Å². The molecule has 1 aliphatic rings. The van der Waals surface area contributed by atoms with Crippen LogP contribution in [-0.4, -0.2) is 31.2 Å². The lowest BCUT2D eigenvalue weighted by atomic mass is 9.84. The third-order valence-corrected chi connectivity index (χ3v) is 4.47. The zero-order valence-corrected chi connectivity index (χ0v) is 12.6. The van der Waals surface area contributed by atoms with Crippen molar-refractivity contribution in [2.24, 2.45) is 5.92 Å². The number of hydrogen-bond donors (Lipinski definition) is 0. The first-order valence-electron chi connectivity index (χ1n) is 7.43. The lowest BCUT2D eigenvalue weighted by molar-refractivity contribution is 0.0600. The number of pyridine rings is 1. The summed E-state index contributed by atoms with van der Waals surface area (Å²) in [6.45, 7) is 2.27. The zero-order chi connectivity index (χ0) is 14.5. The van der Waals surface area contributed by atoms with E-state index in [1.165, 1.54) is 39.2 Å². The highest BCUT2D eigenvalue weighted by Crippen LogP contribution is 2.30. The van der Waals surface area contributed by atoms with Crippen LogP contribution in [0.15, 0.2) is 18.3 Å². The minimum atomic E-state index is -0.309. The molecule has 0 aromatic carbocycles. The first-order valence-corrected chi connectivity index (χ1v) is 7.43. The SMILES string of the molecule is CCC1CCC(N(C)c2cc(C(=O)OC)ccn2)CC1. The number of carbonyl (C=O) groups excluding carboxylic acids is 1. The van der Waals surface area contributed by atoms with E-state index in [0.29, 0.717) is 11.6 Å². The van der Waals surface area contributed by atoms with Crippen LogP contribution in [0.1, 0.15) is 49.4 Å². The number of ether oxygens (including phenoxy) is 1. The second kappa shape index (κ2) is 6.73. The Morgan fingerprint density at radius 1 is 1.40 bits per heavy atom. The molecule has 2 rings (SSSR count). The van der Waals surface area contributed by atoms with Crippen LogP contribution in [0.3, 0.4) is 0 Å². The van der Waals surface area contributed by atoms with E-state index in [1.807, 2.05) is 6.07 Å². The number of aromatic nitrogens is 1. The van der Waals surface area contributed by atoms with Crippen molar-refractivity contribution in [3.05, 3.63) is 23.9 Å². The fraction of sp³-hybridized carbons (Fsp3) is 0.625. The third kappa shape index (κ3) is 3.30. The van der Waals surface area contributed by atoms with E-state index >= 15 is 0 Å². The van der Waals surface area contributed by atoms with Crippen LogP contribution in [0.25, 0.3) is 0 Å². The number of esters is 1. The van der Waals surface area contributed by atoms with Gasteiger partial charge in [0.25, 0.3) is 0 Å². The van der Waals surface area contributed by atoms with Crippen molar-refractivity contribution in [3.63, 3.8) is 0 Å². The Hall–Kier alpha value is -1.58. The Labute approximate surface area is 121 Å². The molecule has 0 radical (unpaired) electrons. The largest absolute Gasteiger partial charge is 0.465 e. The summed E-state index contributed by atoms with van der Waals surface area (Å²) in [5, 5.41) is 0. The Balaban J connectivity index is 2.05. The maximum Gasteiger partial charge on any atom is 0.338 e. The Morgan fingerprint density at radius 3 is 2.70 bits per heavy atom. The summed E-state index contributed by atoms with van der Waals surface area (Å²) in [4.78, 5) is 18.2. The molecule has 0 saturated heterocycles. The lowest BCUT2D eigenvalue weighted by Gasteiger charge is -2.35. The summed E-state index contributed by atoms with van der Waals surface area (Å²) < 4.78 is 4.76. The number of methoxy groups -OCH3 is 1. The monoisotopic (exact) mass is 276 g/mol. The van der Waals surface area contributed by atoms with E-state index in [9.17, 15) is 4.79 Å². The molecule has 4 nitrogen and oxygen atoms in total. The molecule has 0 spiro atoms. The van der Waals surface area contributed by atoms with Gasteiger partial charge in [-0.2, -0.15) is 0 Å². The van der Waals surface area contributed by atoms with Crippen molar-refractivity contribution in [3.8, 4) is 0 Å². The molecule has 1 aromatic rings. The molecular weight excluding hydrogens is 252 g/mol. The summed E-state index contributed by atoms with van der Waals surface area (Å²) in [6, 6.07) is 4.03. The summed E-state index contributed by atoms with van der Waals surface area (Å²) >= 11 is 0. The molecule has 0 unspecified atom stereocenters. The molecular formula is C16H24N2O2. The fourth-order valence-electron chi connectivity index (χ4n) is 2.98. The van der Waals surface area contributed by atoms with Gasteiger partial charge in [0.05, 0.1) is 12.7 Å². The van der Waals surface area contributed by atoms with Gasteiger partial charge in [0.15, 0.2) is 0 Å². The second-order valence-electron chi connectivity index (χ2n) is 5.59. The van der Waals surface area contributed by atoms with Gasteiger partial charge in [-0.05, 0) is 43.7 Å². The molecule has 0 aliphatic heterocycles. The standard InChI is InChI=1S/C16H24N2O2/c1-4-12-5-7-14(8-6-12)18(2)15-11-13(9-10-17-15)16(19)20-3/h9-12,14H,4-8H2,1-3H3. The fourth-order valence-corrected chi connectivity index (χ4v) is 2.98. The summed E-state index contributed by atoms with van der Waals surface area (Å²) in [5.74, 6) is 1.43. The molecule has 4 heteroatoms. The van der Waals surface area contributed by atoms with Crippen molar-refractivity contribution in [1.29, 1.82) is 0 Å². The number of carbonyl (C=O) groups is 1. The number of anilines is 1. The number of rotatable bonds is 4. The molecule has 1 aromatic heterocycles. The van der Waals surface area contributed by atoms with Gasteiger partial charge in [-0.25, -0.2) is 9.78 Å². The van der Waals surface area contributed by atoms with Crippen molar-refractivity contribution >= 4 is 11.8 Å². The van der Waals surface area contributed by atoms with Gasteiger partial charge in [0.1, 0.15) is 5.82 Å². The van der Waals surface area contributed by atoms with Gasteiger partial charge in [-0.1, -0.05) is 13.3 Å². The van der Waals surface area contributed by atoms with Gasteiger partial charge in [0, 0.05) is 19.3 Å². The van der Waals surface area contributed by atoms with E-state index in [4.69, 9.17) is 4.74 Å². The van der Waals surface area contributed by atoms with E-state index in [1.54, 1.807) is 12.3 Å². The minimum absolute atomic E-state index is 0.309. The van der Waals surface area contributed by atoms with Crippen molar-refractivity contribution in [1.82, 2.24) is 4.98 Å². The predicted octanol–water partition coefficient (Wildman–Crippen LogP) is 3.27. The maximum atomic E-state index is 11.6. The maximum absolute atomic E-state index is 11.6. The predicted molar refractivity (Wildman–Crippen MR) is 80.0 cm³/mol. The zero-order valence-electron chi connectivity index (χ0n) is 12.6. The smallest absolute Gasteiger partial charge is 0.338 e. The quantitative estimate of drug-likeness (QED) is 0.792. The molecule has 1 heterocycles. The van der Waals surface area contributed by atoms with Crippen LogP contribution in [0.2, 0.25) is 0 Å². The van der Waals surface area contributed by atoms with Gasteiger partial charge in [0.2, 0.25) is 0 Å². The van der Waals surface area contributed by atoms with Gasteiger partial charge < -0.3 is 9.64 Å². The molecule has 1 fully saturated rings. The molecule has 0 bridgehead atoms. The molecule has 1 saturated carbocycles. The molecule has 0 N–H and O–H groups in total. The van der Waals surface area contributed by atoms with Crippen LogP contribution in [0, 0.1) is 5.92 Å². The summed E-state index contributed by atoms with van der Waals surface area (Å²) in [7, 11) is 3.47. The molecule has 0 amide bonds. The van der Waals surface area contributed by atoms with E-state index in [0.717, 1.165) is 11.7 Å². The lowest BCUT2D eigenvalue weighted by Crippen LogP contribution is -2.35. The Kier molecular flexibility index (Phi) is 4.99. The molecule has 1 aliphatic carbocycles. The highest BCUT2D eigenvalue weighted by Gasteiger charge is 2.24. The van der Waals surface area contributed by atoms with Crippen molar-refractivity contribution in [2.45, 2.75) is 45.1 Å².